The Balaban J connectivity index is 2.78. The Bertz CT molecular complexity index is 365. The molecular weight excluding hydrogens is 268 g/mol. The Morgan fingerprint density at radius 3 is 2.48 bits per heavy atom. The molecule has 1 saturated heterocycles. The molecule has 2 amide bonds. The van der Waals surface area contributed by atoms with Gasteiger partial charge in [-0.3, -0.25) is 9.59 Å². The van der Waals surface area contributed by atoms with Crippen LogP contribution in [-0.4, -0.2) is 48.1 Å². The number of nitrogens with zero attached hydrogens (tertiary/aromatic N) is 1. The average molecular weight is 298 g/mol. The molecule has 1 unspecified atom stereocenters. The van der Waals surface area contributed by atoms with E-state index in [1.165, 1.54) is 0 Å². The second-order valence-electron chi connectivity index (χ2n) is 6.36. The van der Waals surface area contributed by atoms with E-state index in [4.69, 9.17) is 4.74 Å². The zero-order valence-corrected chi connectivity index (χ0v) is 14.1. The summed E-state index contributed by atoms with van der Waals surface area (Å²) in [4.78, 5) is 26.7. The Morgan fingerprint density at radius 1 is 1.33 bits per heavy atom. The van der Waals surface area contributed by atoms with Crippen LogP contribution in [0.15, 0.2) is 0 Å². The number of rotatable bonds is 7. The van der Waals surface area contributed by atoms with Gasteiger partial charge in [0.25, 0.3) is 0 Å². The van der Waals surface area contributed by atoms with Gasteiger partial charge in [0.2, 0.25) is 11.8 Å². The minimum Gasteiger partial charge on any atom is -0.379 e. The van der Waals surface area contributed by atoms with Crippen LogP contribution in [-0.2, 0) is 14.3 Å². The third-order valence-corrected chi connectivity index (χ3v) is 4.20. The molecule has 1 N–H and O–H groups in total. The number of hydrogen-bond acceptors (Lipinski definition) is 3. The molecule has 0 bridgehead atoms. The van der Waals surface area contributed by atoms with E-state index in [1.54, 1.807) is 0 Å². The van der Waals surface area contributed by atoms with E-state index < -0.39 is 5.54 Å². The van der Waals surface area contributed by atoms with E-state index in [0.717, 1.165) is 0 Å². The van der Waals surface area contributed by atoms with Crippen molar-refractivity contribution in [2.45, 2.75) is 65.5 Å². The molecule has 1 aliphatic rings. The van der Waals surface area contributed by atoms with E-state index in [2.05, 4.69) is 19.2 Å². The standard InChI is InChI=1S/C16H30N2O3/c1-6-16(7-2)15(20)18(8-9-21-11-12(3)4)13(5)10-14(19)17-16/h12-13H,6-11H2,1-5H3,(H,17,19). The lowest BCUT2D eigenvalue weighted by Crippen LogP contribution is -2.57. The summed E-state index contributed by atoms with van der Waals surface area (Å²) in [7, 11) is 0. The predicted octanol–water partition coefficient (Wildman–Crippen LogP) is 1.95. The van der Waals surface area contributed by atoms with Crippen LogP contribution in [0.2, 0.25) is 0 Å². The molecule has 122 valence electrons. The molecule has 1 heterocycles. The second kappa shape index (κ2) is 7.78. The van der Waals surface area contributed by atoms with Crippen molar-refractivity contribution in [3.63, 3.8) is 0 Å². The van der Waals surface area contributed by atoms with Crippen molar-refractivity contribution in [3.8, 4) is 0 Å². The Morgan fingerprint density at radius 2 is 1.95 bits per heavy atom. The summed E-state index contributed by atoms with van der Waals surface area (Å²) in [6.45, 7) is 11.8. The van der Waals surface area contributed by atoms with Crippen LogP contribution in [0.1, 0.15) is 53.9 Å². The fourth-order valence-corrected chi connectivity index (χ4v) is 2.76. The molecule has 1 fully saturated rings. The minimum absolute atomic E-state index is 0.0268. The molecule has 0 aromatic heterocycles. The molecule has 0 saturated carbocycles. The molecule has 5 nitrogen and oxygen atoms in total. The highest BCUT2D eigenvalue weighted by Gasteiger charge is 2.43. The van der Waals surface area contributed by atoms with Crippen molar-refractivity contribution in [2.24, 2.45) is 5.92 Å². The SMILES string of the molecule is CCC1(CC)NC(=O)CC(C)N(CCOCC(C)C)C1=O. The molecule has 5 heteroatoms. The van der Waals surface area contributed by atoms with E-state index in [9.17, 15) is 9.59 Å². The maximum absolute atomic E-state index is 12.9. The van der Waals surface area contributed by atoms with E-state index >= 15 is 0 Å². The van der Waals surface area contributed by atoms with Gasteiger partial charge in [-0.05, 0) is 25.7 Å². The third kappa shape index (κ3) is 4.43. The molecule has 1 atom stereocenters. The number of ether oxygens (including phenoxy) is 1. The fraction of sp³-hybridized carbons (Fsp3) is 0.875. The number of carbonyl (C=O) groups is 2. The normalized spacial score (nSPS) is 22.4. The van der Waals surface area contributed by atoms with Gasteiger partial charge in [0, 0.05) is 25.6 Å². The number of carbonyl (C=O) groups excluding carboxylic acids is 2. The van der Waals surface area contributed by atoms with Crippen LogP contribution < -0.4 is 5.32 Å². The molecule has 1 aliphatic heterocycles. The minimum atomic E-state index is -0.750. The van der Waals surface area contributed by atoms with Crippen molar-refractivity contribution in [2.75, 3.05) is 19.8 Å². The van der Waals surface area contributed by atoms with Gasteiger partial charge in [0.05, 0.1) is 6.61 Å². The molecule has 0 aliphatic carbocycles. The lowest BCUT2D eigenvalue weighted by molar-refractivity contribution is -0.141. The Hall–Kier alpha value is -1.10. The van der Waals surface area contributed by atoms with Crippen molar-refractivity contribution < 1.29 is 14.3 Å². The lowest BCUT2D eigenvalue weighted by atomic mass is 9.91. The maximum Gasteiger partial charge on any atom is 0.248 e. The summed E-state index contributed by atoms with van der Waals surface area (Å²) in [6.07, 6.45) is 1.59. The summed E-state index contributed by atoms with van der Waals surface area (Å²) in [5, 5.41) is 2.94. The Kier molecular flexibility index (Phi) is 6.65. The molecule has 0 aromatic rings. The van der Waals surface area contributed by atoms with Gasteiger partial charge in [-0.15, -0.1) is 0 Å². The molecule has 0 radical (unpaired) electrons. The maximum atomic E-state index is 12.9. The monoisotopic (exact) mass is 298 g/mol. The first-order valence-electron chi connectivity index (χ1n) is 8.06. The van der Waals surface area contributed by atoms with Crippen LogP contribution in [0.3, 0.4) is 0 Å². The molecule has 0 aromatic carbocycles. The van der Waals surface area contributed by atoms with Crippen molar-refractivity contribution in [3.05, 3.63) is 0 Å². The van der Waals surface area contributed by atoms with E-state index in [1.807, 2.05) is 25.7 Å². The predicted molar refractivity (Wildman–Crippen MR) is 82.9 cm³/mol. The number of hydrogen-bond donors (Lipinski definition) is 1. The summed E-state index contributed by atoms with van der Waals surface area (Å²) in [5.74, 6) is 0.472. The average Bonchev–Trinajstić information content (AvgIpc) is 2.51. The van der Waals surface area contributed by atoms with Gasteiger partial charge in [-0.1, -0.05) is 27.7 Å². The highest BCUT2D eigenvalue weighted by atomic mass is 16.5. The van der Waals surface area contributed by atoms with Crippen LogP contribution in [0, 0.1) is 5.92 Å². The molecule has 21 heavy (non-hydrogen) atoms. The number of amides is 2. The molecular formula is C16H30N2O3. The second-order valence-corrected chi connectivity index (χ2v) is 6.36. The van der Waals surface area contributed by atoms with Crippen molar-refractivity contribution >= 4 is 11.8 Å². The quantitative estimate of drug-likeness (QED) is 0.731. The lowest BCUT2D eigenvalue weighted by Gasteiger charge is -2.35. The summed E-state index contributed by atoms with van der Waals surface area (Å²) in [6, 6.07) is -0.0832. The highest BCUT2D eigenvalue weighted by Crippen LogP contribution is 2.24. The summed E-state index contributed by atoms with van der Waals surface area (Å²) in [5.41, 5.74) is -0.750. The smallest absolute Gasteiger partial charge is 0.248 e. The Labute approximate surface area is 128 Å². The first-order valence-corrected chi connectivity index (χ1v) is 8.06. The van der Waals surface area contributed by atoms with Crippen LogP contribution in [0.4, 0.5) is 0 Å². The van der Waals surface area contributed by atoms with Crippen LogP contribution in [0.25, 0.3) is 0 Å². The van der Waals surface area contributed by atoms with Crippen molar-refractivity contribution in [1.82, 2.24) is 10.2 Å². The van der Waals surface area contributed by atoms with Gasteiger partial charge in [-0.25, -0.2) is 0 Å². The van der Waals surface area contributed by atoms with Gasteiger partial charge >= 0.3 is 0 Å². The topological polar surface area (TPSA) is 58.6 Å². The largest absolute Gasteiger partial charge is 0.379 e. The number of nitrogens with one attached hydrogen (secondary N) is 1. The van der Waals surface area contributed by atoms with Crippen LogP contribution >= 0.6 is 0 Å². The first kappa shape index (κ1) is 18.0. The zero-order valence-electron chi connectivity index (χ0n) is 14.1. The van der Waals surface area contributed by atoms with Crippen molar-refractivity contribution in [1.29, 1.82) is 0 Å². The van der Waals surface area contributed by atoms with Crippen LogP contribution in [0.5, 0.6) is 0 Å². The van der Waals surface area contributed by atoms with Gasteiger partial charge < -0.3 is 15.0 Å². The van der Waals surface area contributed by atoms with E-state index in [-0.39, 0.29) is 17.9 Å². The molecule has 0 spiro atoms. The summed E-state index contributed by atoms with van der Waals surface area (Å²) < 4.78 is 5.60. The van der Waals surface area contributed by atoms with Gasteiger partial charge in [-0.2, -0.15) is 0 Å². The van der Waals surface area contributed by atoms with Gasteiger partial charge in [0.1, 0.15) is 5.54 Å². The third-order valence-electron chi connectivity index (χ3n) is 4.20. The first-order chi connectivity index (χ1) is 9.86. The highest BCUT2D eigenvalue weighted by molar-refractivity contribution is 5.93. The fourth-order valence-electron chi connectivity index (χ4n) is 2.76. The zero-order chi connectivity index (χ0) is 16.0. The van der Waals surface area contributed by atoms with Gasteiger partial charge in [0.15, 0.2) is 0 Å². The van der Waals surface area contributed by atoms with E-state index in [0.29, 0.717) is 44.9 Å². The summed E-state index contributed by atoms with van der Waals surface area (Å²) >= 11 is 0. The molecule has 1 rings (SSSR count).